The SMILES string of the molecule is CC1=Nc2ccc(Oc3cc(F)c([N+](=O)[O-])cc3F)cc2CC1. The molecule has 1 aliphatic rings. The smallest absolute Gasteiger partial charge is 0.307 e. The minimum Gasteiger partial charge on any atom is -0.454 e. The Morgan fingerprint density at radius 2 is 1.96 bits per heavy atom. The third-order valence-electron chi connectivity index (χ3n) is 3.54. The molecule has 2 aromatic rings. The number of halogens is 2. The van der Waals surface area contributed by atoms with Crippen molar-refractivity contribution in [1.29, 1.82) is 0 Å². The highest BCUT2D eigenvalue weighted by atomic mass is 19.1. The second kappa shape index (κ2) is 5.75. The van der Waals surface area contributed by atoms with Crippen LogP contribution in [0.2, 0.25) is 0 Å². The lowest BCUT2D eigenvalue weighted by Gasteiger charge is -2.15. The summed E-state index contributed by atoms with van der Waals surface area (Å²) in [6.45, 7) is 1.95. The molecule has 0 amide bonds. The van der Waals surface area contributed by atoms with Gasteiger partial charge >= 0.3 is 5.69 Å². The average molecular weight is 318 g/mol. The summed E-state index contributed by atoms with van der Waals surface area (Å²) in [5.41, 5.74) is 1.90. The van der Waals surface area contributed by atoms with Gasteiger partial charge in [0, 0.05) is 11.8 Å². The van der Waals surface area contributed by atoms with E-state index < -0.39 is 28.0 Å². The van der Waals surface area contributed by atoms with E-state index >= 15 is 0 Å². The Bertz CT molecular complexity index is 834. The van der Waals surface area contributed by atoms with Crippen LogP contribution in [0.4, 0.5) is 20.2 Å². The van der Waals surface area contributed by atoms with Gasteiger partial charge in [-0.3, -0.25) is 15.1 Å². The maximum absolute atomic E-state index is 13.8. The quantitative estimate of drug-likeness (QED) is 0.608. The molecule has 3 rings (SSSR count). The van der Waals surface area contributed by atoms with Gasteiger partial charge in [0.25, 0.3) is 0 Å². The van der Waals surface area contributed by atoms with E-state index in [0.717, 1.165) is 29.8 Å². The van der Waals surface area contributed by atoms with E-state index in [9.17, 15) is 18.9 Å². The van der Waals surface area contributed by atoms with Crippen LogP contribution in [-0.4, -0.2) is 10.6 Å². The molecule has 0 saturated carbocycles. The number of ether oxygens (including phenoxy) is 1. The van der Waals surface area contributed by atoms with Crippen LogP contribution in [0.3, 0.4) is 0 Å². The summed E-state index contributed by atoms with van der Waals surface area (Å²) in [6, 6.07) is 6.24. The molecule has 23 heavy (non-hydrogen) atoms. The number of nitro benzene ring substituents is 1. The van der Waals surface area contributed by atoms with Crippen molar-refractivity contribution in [2.75, 3.05) is 0 Å². The van der Waals surface area contributed by atoms with E-state index in [1.807, 2.05) is 6.92 Å². The predicted octanol–water partition coefficient (Wildman–Crippen LogP) is 4.70. The Balaban J connectivity index is 1.91. The van der Waals surface area contributed by atoms with Gasteiger partial charge < -0.3 is 4.74 Å². The first-order valence-corrected chi connectivity index (χ1v) is 6.92. The summed E-state index contributed by atoms with van der Waals surface area (Å²) in [4.78, 5) is 14.0. The highest BCUT2D eigenvalue weighted by molar-refractivity contribution is 5.87. The minimum atomic E-state index is -1.15. The van der Waals surface area contributed by atoms with E-state index in [1.165, 1.54) is 0 Å². The highest BCUT2D eigenvalue weighted by Crippen LogP contribution is 2.34. The monoisotopic (exact) mass is 318 g/mol. The lowest BCUT2D eigenvalue weighted by molar-refractivity contribution is -0.387. The van der Waals surface area contributed by atoms with Gasteiger partial charge in [-0.2, -0.15) is 4.39 Å². The molecular weight excluding hydrogens is 306 g/mol. The summed E-state index contributed by atoms with van der Waals surface area (Å²) in [7, 11) is 0. The number of nitrogens with zero attached hydrogens (tertiary/aromatic N) is 2. The van der Waals surface area contributed by atoms with Crippen LogP contribution < -0.4 is 4.74 Å². The summed E-state index contributed by atoms with van der Waals surface area (Å²) in [5, 5.41) is 10.6. The van der Waals surface area contributed by atoms with Crippen molar-refractivity contribution in [3.05, 3.63) is 57.6 Å². The third-order valence-corrected chi connectivity index (χ3v) is 3.54. The predicted molar refractivity (Wildman–Crippen MR) is 80.6 cm³/mol. The van der Waals surface area contributed by atoms with Crippen LogP contribution in [0.15, 0.2) is 35.3 Å². The van der Waals surface area contributed by atoms with Gasteiger partial charge in [0.05, 0.1) is 16.7 Å². The summed E-state index contributed by atoms with van der Waals surface area (Å²) in [6.07, 6.45) is 1.62. The van der Waals surface area contributed by atoms with Crippen molar-refractivity contribution in [1.82, 2.24) is 0 Å². The molecule has 0 aliphatic carbocycles. The van der Waals surface area contributed by atoms with E-state index in [0.29, 0.717) is 17.9 Å². The molecule has 0 saturated heterocycles. The number of aliphatic imine (C=N–C) groups is 1. The zero-order valence-corrected chi connectivity index (χ0v) is 12.2. The molecule has 118 valence electrons. The number of nitro groups is 1. The molecule has 0 radical (unpaired) electrons. The van der Waals surface area contributed by atoms with E-state index in [4.69, 9.17) is 4.74 Å². The third kappa shape index (κ3) is 3.03. The van der Waals surface area contributed by atoms with E-state index in [2.05, 4.69) is 4.99 Å². The molecule has 0 atom stereocenters. The average Bonchev–Trinajstić information content (AvgIpc) is 2.50. The molecule has 0 N–H and O–H groups in total. The maximum Gasteiger partial charge on any atom is 0.307 e. The molecule has 0 fully saturated rings. The summed E-state index contributed by atoms with van der Waals surface area (Å²) in [5.74, 6) is -2.22. The second-order valence-electron chi connectivity index (χ2n) is 5.23. The topological polar surface area (TPSA) is 64.7 Å². The fourth-order valence-electron chi connectivity index (χ4n) is 2.37. The van der Waals surface area contributed by atoms with Crippen molar-refractivity contribution >= 4 is 17.1 Å². The minimum absolute atomic E-state index is 0.325. The zero-order valence-electron chi connectivity index (χ0n) is 12.2. The van der Waals surface area contributed by atoms with Crippen LogP contribution in [0, 0.1) is 21.7 Å². The van der Waals surface area contributed by atoms with Gasteiger partial charge in [0.2, 0.25) is 5.82 Å². The summed E-state index contributed by atoms with van der Waals surface area (Å²) < 4.78 is 32.8. The van der Waals surface area contributed by atoms with Crippen molar-refractivity contribution in [3.63, 3.8) is 0 Å². The Labute approximate surface area is 130 Å². The lowest BCUT2D eigenvalue weighted by atomic mass is 10.0. The molecule has 2 aromatic carbocycles. The van der Waals surface area contributed by atoms with E-state index in [1.54, 1.807) is 18.2 Å². The number of aryl methyl sites for hydroxylation is 1. The Morgan fingerprint density at radius 3 is 2.70 bits per heavy atom. The fraction of sp³-hybridized carbons (Fsp3) is 0.188. The van der Waals surface area contributed by atoms with Gasteiger partial charge in [0.1, 0.15) is 5.75 Å². The van der Waals surface area contributed by atoms with Crippen molar-refractivity contribution in [3.8, 4) is 11.5 Å². The molecule has 7 heteroatoms. The number of rotatable bonds is 3. The van der Waals surface area contributed by atoms with Gasteiger partial charge in [-0.1, -0.05) is 0 Å². The fourth-order valence-corrected chi connectivity index (χ4v) is 2.37. The van der Waals surface area contributed by atoms with Gasteiger partial charge in [-0.05, 0) is 43.5 Å². The number of hydrogen-bond donors (Lipinski definition) is 0. The molecule has 0 bridgehead atoms. The van der Waals surface area contributed by atoms with Crippen LogP contribution >= 0.6 is 0 Å². The Hall–Kier alpha value is -2.83. The molecular formula is C16H12F2N2O3. The number of fused-ring (bicyclic) bond motifs is 1. The Kier molecular flexibility index (Phi) is 3.77. The van der Waals surface area contributed by atoms with Gasteiger partial charge in [-0.25, -0.2) is 4.39 Å². The molecule has 0 spiro atoms. The summed E-state index contributed by atoms with van der Waals surface area (Å²) >= 11 is 0. The van der Waals surface area contributed by atoms with Crippen LogP contribution in [-0.2, 0) is 6.42 Å². The zero-order chi connectivity index (χ0) is 16.6. The maximum atomic E-state index is 13.8. The largest absolute Gasteiger partial charge is 0.454 e. The molecule has 5 nitrogen and oxygen atoms in total. The van der Waals surface area contributed by atoms with Crippen LogP contribution in [0.1, 0.15) is 18.9 Å². The standard InChI is InChI=1S/C16H12F2N2O3/c1-9-2-3-10-6-11(4-5-14(10)19-9)23-16-8-12(17)15(20(21)22)7-13(16)18/h4-8H,2-3H2,1H3. The highest BCUT2D eigenvalue weighted by Gasteiger charge is 2.20. The molecule has 1 heterocycles. The molecule has 1 aliphatic heterocycles. The van der Waals surface area contributed by atoms with E-state index in [-0.39, 0.29) is 0 Å². The molecule has 0 unspecified atom stereocenters. The Morgan fingerprint density at radius 1 is 1.17 bits per heavy atom. The number of hydrogen-bond acceptors (Lipinski definition) is 4. The molecule has 0 aromatic heterocycles. The van der Waals surface area contributed by atoms with Crippen molar-refractivity contribution < 1.29 is 18.4 Å². The first kappa shape index (κ1) is 15.1. The van der Waals surface area contributed by atoms with Crippen molar-refractivity contribution in [2.45, 2.75) is 19.8 Å². The van der Waals surface area contributed by atoms with Crippen LogP contribution in [0.5, 0.6) is 11.5 Å². The van der Waals surface area contributed by atoms with Gasteiger partial charge in [0.15, 0.2) is 11.6 Å². The van der Waals surface area contributed by atoms with Gasteiger partial charge in [-0.15, -0.1) is 0 Å². The second-order valence-corrected chi connectivity index (χ2v) is 5.23. The van der Waals surface area contributed by atoms with Crippen molar-refractivity contribution in [2.24, 2.45) is 4.99 Å². The lowest BCUT2D eigenvalue weighted by Crippen LogP contribution is -2.02. The first-order valence-electron chi connectivity index (χ1n) is 6.92. The van der Waals surface area contributed by atoms with Crippen LogP contribution in [0.25, 0.3) is 0 Å². The first-order chi connectivity index (χ1) is 10.9. The normalized spacial score (nSPS) is 13.3. The number of benzene rings is 2.